The lowest BCUT2D eigenvalue weighted by Gasteiger charge is -2.29. The monoisotopic (exact) mass is 408 g/mol. The third kappa shape index (κ3) is 3.43. The van der Waals surface area contributed by atoms with Crippen molar-refractivity contribution in [3.8, 4) is 11.5 Å². The molecule has 0 radical (unpaired) electrons. The van der Waals surface area contributed by atoms with Gasteiger partial charge >= 0.3 is 10.3 Å². The highest BCUT2D eigenvalue weighted by molar-refractivity contribution is 7.84. The minimum Gasteiger partial charge on any atom is -0.489 e. The van der Waals surface area contributed by atoms with Crippen LogP contribution in [-0.4, -0.2) is 25.9 Å². The van der Waals surface area contributed by atoms with Crippen LogP contribution in [0, 0.1) is 0 Å². The summed E-state index contributed by atoms with van der Waals surface area (Å²) in [4.78, 5) is 2.04. The molecule has 148 valence electrons. The van der Waals surface area contributed by atoms with E-state index in [0.717, 1.165) is 16.8 Å². The molecule has 2 aliphatic rings. The summed E-state index contributed by atoms with van der Waals surface area (Å²) in [6.07, 6.45) is 0. The molecular formula is C22H20N2O4S. The normalized spacial score (nSPS) is 19.9. The van der Waals surface area contributed by atoms with E-state index in [0.29, 0.717) is 24.7 Å². The van der Waals surface area contributed by atoms with Crippen LogP contribution in [0.15, 0.2) is 78.9 Å². The zero-order valence-electron chi connectivity index (χ0n) is 15.6. The van der Waals surface area contributed by atoms with Crippen LogP contribution in [0.25, 0.3) is 0 Å². The Morgan fingerprint density at radius 3 is 2.45 bits per heavy atom. The molecule has 0 amide bonds. The second-order valence-corrected chi connectivity index (χ2v) is 8.61. The standard InChI is InChI=1S/C22H20N2O4S/c25-29(26)24-16-23(18-9-5-2-6-10-18)14-21(24)20-13-19(11-12-22(20)28-29)27-15-17-7-3-1-4-8-17/h1-13,21H,14-16H2/t21-/m0/s1. The summed E-state index contributed by atoms with van der Waals surface area (Å²) in [5, 5.41) is 0. The summed E-state index contributed by atoms with van der Waals surface area (Å²) in [6, 6.07) is 24.7. The Hall–Kier alpha value is -3.03. The lowest BCUT2D eigenvalue weighted by atomic mass is 10.1. The molecule has 3 aromatic carbocycles. The van der Waals surface area contributed by atoms with Crippen molar-refractivity contribution in [2.45, 2.75) is 12.6 Å². The van der Waals surface area contributed by atoms with Gasteiger partial charge < -0.3 is 13.8 Å². The molecule has 2 aliphatic heterocycles. The minimum absolute atomic E-state index is 0.256. The zero-order chi connectivity index (χ0) is 19.8. The van der Waals surface area contributed by atoms with Crippen LogP contribution in [0.5, 0.6) is 11.5 Å². The van der Waals surface area contributed by atoms with E-state index in [-0.39, 0.29) is 12.7 Å². The van der Waals surface area contributed by atoms with Crippen LogP contribution < -0.4 is 13.8 Å². The molecule has 7 heteroatoms. The van der Waals surface area contributed by atoms with E-state index in [9.17, 15) is 8.42 Å². The number of ether oxygens (including phenoxy) is 1. The highest BCUT2D eigenvalue weighted by Gasteiger charge is 2.46. The summed E-state index contributed by atoms with van der Waals surface area (Å²) in [5.74, 6) is 1.06. The van der Waals surface area contributed by atoms with Gasteiger partial charge in [-0.3, -0.25) is 0 Å². The Bertz CT molecular complexity index is 1120. The second-order valence-electron chi connectivity index (χ2n) is 7.12. The summed E-state index contributed by atoms with van der Waals surface area (Å²) in [6.45, 7) is 1.26. The molecule has 0 N–H and O–H groups in total. The lowest BCUT2D eigenvalue weighted by molar-refractivity contribution is 0.298. The van der Waals surface area contributed by atoms with Gasteiger partial charge in [-0.05, 0) is 35.9 Å². The van der Waals surface area contributed by atoms with Crippen molar-refractivity contribution in [3.05, 3.63) is 90.0 Å². The van der Waals surface area contributed by atoms with E-state index < -0.39 is 10.3 Å². The molecular weight excluding hydrogens is 388 g/mol. The molecule has 0 aromatic heterocycles. The van der Waals surface area contributed by atoms with Gasteiger partial charge in [0.2, 0.25) is 0 Å². The largest absolute Gasteiger partial charge is 0.489 e. The quantitative estimate of drug-likeness (QED) is 0.659. The molecule has 29 heavy (non-hydrogen) atoms. The van der Waals surface area contributed by atoms with E-state index >= 15 is 0 Å². The van der Waals surface area contributed by atoms with Gasteiger partial charge in [0.15, 0.2) is 0 Å². The number of anilines is 1. The number of benzene rings is 3. The van der Waals surface area contributed by atoms with Crippen molar-refractivity contribution in [1.29, 1.82) is 0 Å². The first-order chi connectivity index (χ1) is 14.1. The maximum absolute atomic E-state index is 12.6. The van der Waals surface area contributed by atoms with Crippen LogP contribution in [0.2, 0.25) is 0 Å². The molecule has 1 saturated heterocycles. The van der Waals surface area contributed by atoms with E-state index in [2.05, 4.69) is 0 Å². The number of fused-ring (bicyclic) bond motifs is 3. The smallest absolute Gasteiger partial charge is 0.387 e. The van der Waals surface area contributed by atoms with E-state index in [1.165, 1.54) is 4.31 Å². The van der Waals surface area contributed by atoms with Gasteiger partial charge in [-0.25, -0.2) is 0 Å². The van der Waals surface area contributed by atoms with Crippen molar-refractivity contribution in [1.82, 2.24) is 4.31 Å². The van der Waals surface area contributed by atoms with E-state index in [1.807, 2.05) is 71.6 Å². The summed E-state index contributed by atoms with van der Waals surface area (Å²) >= 11 is 0. The molecule has 0 aliphatic carbocycles. The van der Waals surface area contributed by atoms with Crippen molar-refractivity contribution in [2.24, 2.45) is 0 Å². The Balaban J connectivity index is 1.43. The highest BCUT2D eigenvalue weighted by atomic mass is 32.2. The molecule has 0 saturated carbocycles. The number of rotatable bonds is 4. The van der Waals surface area contributed by atoms with Gasteiger partial charge in [-0.15, -0.1) is 4.31 Å². The predicted octanol–water partition coefficient (Wildman–Crippen LogP) is 3.72. The Morgan fingerprint density at radius 1 is 0.966 bits per heavy atom. The Labute approximate surface area is 170 Å². The van der Waals surface area contributed by atoms with Crippen LogP contribution >= 0.6 is 0 Å². The van der Waals surface area contributed by atoms with Crippen LogP contribution in [0.1, 0.15) is 17.2 Å². The molecule has 2 heterocycles. The molecule has 0 spiro atoms. The second kappa shape index (κ2) is 7.09. The van der Waals surface area contributed by atoms with Crippen LogP contribution in [-0.2, 0) is 16.9 Å². The number of nitrogens with zero attached hydrogens (tertiary/aromatic N) is 2. The first kappa shape index (κ1) is 18.0. The van der Waals surface area contributed by atoms with Gasteiger partial charge in [0.1, 0.15) is 18.1 Å². The first-order valence-corrected chi connectivity index (χ1v) is 10.8. The van der Waals surface area contributed by atoms with Gasteiger partial charge in [0.25, 0.3) is 0 Å². The SMILES string of the molecule is O=S1(=O)Oc2ccc(OCc3ccccc3)cc2[C@@H]2CN(c3ccccc3)CN21. The fourth-order valence-electron chi connectivity index (χ4n) is 3.79. The topological polar surface area (TPSA) is 59.1 Å². The van der Waals surface area contributed by atoms with Gasteiger partial charge in [0, 0.05) is 17.8 Å². The molecule has 6 nitrogen and oxygen atoms in total. The Kier molecular flexibility index (Phi) is 4.41. The third-order valence-electron chi connectivity index (χ3n) is 5.24. The first-order valence-electron chi connectivity index (χ1n) is 9.42. The highest BCUT2D eigenvalue weighted by Crippen LogP contribution is 2.43. The van der Waals surface area contributed by atoms with Crippen LogP contribution in [0.3, 0.4) is 0 Å². The average Bonchev–Trinajstić information content (AvgIpc) is 3.21. The number of hydrogen-bond acceptors (Lipinski definition) is 5. The van der Waals surface area contributed by atoms with Crippen LogP contribution in [0.4, 0.5) is 5.69 Å². The van der Waals surface area contributed by atoms with Crippen molar-refractivity contribution >= 4 is 16.0 Å². The van der Waals surface area contributed by atoms with Gasteiger partial charge in [0.05, 0.1) is 12.7 Å². The summed E-state index contributed by atoms with van der Waals surface area (Å²) < 4.78 is 38.0. The minimum atomic E-state index is -3.83. The number of para-hydroxylation sites is 1. The van der Waals surface area contributed by atoms with Gasteiger partial charge in [-0.1, -0.05) is 48.5 Å². The zero-order valence-corrected chi connectivity index (χ0v) is 16.5. The van der Waals surface area contributed by atoms with Crippen molar-refractivity contribution < 1.29 is 17.3 Å². The summed E-state index contributed by atoms with van der Waals surface area (Å²) in [7, 11) is -3.83. The Morgan fingerprint density at radius 2 is 1.69 bits per heavy atom. The van der Waals surface area contributed by atoms with Crippen molar-refractivity contribution in [2.75, 3.05) is 18.1 Å². The fourth-order valence-corrected chi connectivity index (χ4v) is 5.03. The molecule has 1 atom stereocenters. The molecule has 0 unspecified atom stereocenters. The molecule has 5 rings (SSSR count). The summed E-state index contributed by atoms with van der Waals surface area (Å²) in [5.41, 5.74) is 2.88. The van der Waals surface area contributed by atoms with E-state index in [4.69, 9.17) is 8.92 Å². The average molecular weight is 408 g/mol. The maximum Gasteiger partial charge on any atom is 0.387 e. The molecule has 0 bridgehead atoms. The van der Waals surface area contributed by atoms with Crippen molar-refractivity contribution in [3.63, 3.8) is 0 Å². The van der Waals surface area contributed by atoms with E-state index in [1.54, 1.807) is 12.1 Å². The maximum atomic E-state index is 12.6. The fraction of sp³-hybridized carbons (Fsp3) is 0.182. The number of hydrogen-bond donors (Lipinski definition) is 0. The molecule has 3 aromatic rings. The van der Waals surface area contributed by atoms with Gasteiger partial charge in [-0.2, -0.15) is 8.42 Å². The third-order valence-corrected chi connectivity index (χ3v) is 6.58. The lowest BCUT2D eigenvalue weighted by Crippen LogP contribution is -2.39. The molecule has 1 fully saturated rings. The predicted molar refractivity (Wildman–Crippen MR) is 110 cm³/mol.